The van der Waals surface area contributed by atoms with E-state index >= 15 is 0 Å². The zero-order chi connectivity index (χ0) is 13.8. The number of nitrogens with one attached hydrogen (secondary N) is 1. The number of nitrogens with two attached hydrogens (primary N) is 1. The summed E-state index contributed by atoms with van der Waals surface area (Å²) in [7, 11) is 0. The van der Waals surface area contributed by atoms with Crippen molar-refractivity contribution in [1.82, 2.24) is 0 Å². The fourth-order valence-electron chi connectivity index (χ4n) is 2.05. The van der Waals surface area contributed by atoms with Gasteiger partial charge in [-0.2, -0.15) is 0 Å². The van der Waals surface area contributed by atoms with Crippen LogP contribution in [0.4, 0.5) is 5.69 Å². The minimum atomic E-state index is 0.0960. The molecule has 2 nitrogen and oxygen atoms in total. The zero-order valence-electron chi connectivity index (χ0n) is 11.3. The van der Waals surface area contributed by atoms with E-state index in [4.69, 9.17) is 17.3 Å². The third-order valence-electron chi connectivity index (χ3n) is 3.19. The molecule has 19 heavy (non-hydrogen) atoms. The van der Waals surface area contributed by atoms with E-state index in [0.29, 0.717) is 6.54 Å². The molecular weight excluding hydrogens is 256 g/mol. The highest BCUT2D eigenvalue weighted by molar-refractivity contribution is 6.31. The summed E-state index contributed by atoms with van der Waals surface area (Å²) in [5, 5.41) is 4.20. The van der Waals surface area contributed by atoms with Gasteiger partial charge < -0.3 is 11.1 Å². The molecule has 1 unspecified atom stereocenters. The van der Waals surface area contributed by atoms with Crippen molar-refractivity contribution in [3.8, 4) is 0 Å². The molecule has 0 fully saturated rings. The molecule has 0 amide bonds. The summed E-state index contributed by atoms with van der Waals surface area (Å²) in [5.74, 6) is 0. The predicted octanol–water partition coefficient (Wildman–Crippen LogP) is 4.07. The van der Waals surface area contributed by atoms with Crippen LogP contribution in [0.5, 0.6) is 0 Å². The Morgan fingerprint density at radius 3 is 2.58 bits per heavy atom. The smallest absolute Gasteiger partial charge is 0.0636 e. The minimum absolute atomic E-state index is 0.0960. The van der Waals surface area contributed by atoms with Crippen molar-refractivity contribution in [2.45, 2.75) is 19.9 Å². The van der Waals surface area contributed by atoms with Crippen LogP contribution in [-0.2, 0) is 0 Å². The predicted molar refractivity (Wildman–Crippen MR) is 82.8 cm³/mol. The first-order chi connectivity index (χ1) is 9.10. The Hall–Kier alpha value is -1.51. The van der Waals surface area contributed by atoms with Crippen molar-refractivity contribution in [3.05, 3.63) is 64.2 Å². The quantitative estimate of drug-likeness (QED) is 0.882. The molecule has 3 heteroatoms. The molecule has 0 aliphatic rings. The number of rotatable bonds is 4. The first kappa shape index (κ1) is 13.9. The molecule has 0 radical (unpaired) electrons. The number of anilines is 1. The van der Waals surface area contributed by atoms with Crippen molar-refractivity contribution in [3.63, 3.8) is 0 Å². The molecule has 100 valence electrons. The van der Waals surface area contributed by atoms with Gasteiger partial charge >= 0.3 is 0 Å². The fourth-order valence-corrected chi connectivity index (χ4v) is 2.23. The molecule has 2 rings (SSSR count). The van der Waals surface area contributed by atoms with E-state index < -0.39 is 0 Å². The maximum Gasteiger partial charge on any atom is 0.0636 e. The largest absolute Gasteiger partial charge is 0.377 e. The van der Waals surface area contributed by atoms with E-state index in [2.05, 4.69) is 36.5 Å². The van der Waals surface area contributed by atoms with Gasteiger partial charge in [-0.1, -0.05) is 47.5 Å². The maximum absolute atomic E-state index is 6.14. The van der Waals surface area contributed by atoms with E-state index in [1.54, 1.807) is 0 Å². The summed E-state index contributed by atoms with van der Waals surface area (Å²) in [6.45, 7) is 4.61. The fraction of sp³-hybridized carbons (Fsp3) is 0.250. The Morgan fingerprint density at radius 2 is 1.95 bits per heavy atom. The topological polar surface area (TPSA) is 38.0 Å². The second kappa shape index (κ2) is 6.09. The Kier molecular flexibility index (Phi) is 4.46. The van der Waals surface area contributed by atoms with Gasteiger partial charge in [-0.25, -0.2) is 0 Å². The molecular formula is C16H19ClN2. The SMILES string of the molecule is Cc1cccc(C(CN)Nc2ccc(C)c(Cl)c2)c1. The van der Waals surface area contributed by atoms with E-state index in [1.165, 1.54) is 11.1 Å². The van der Waals surface area contributed by atoms with Crippen LogP contribution in [0.15, 0.2) is 42.5 Å². The summed E-state index contributed by atoms with van der Waals surface area (Å²) in [6.07, 6.45) is 0. The summed E-state index contributed by atoms with van der Waals surface area (Å²) in [5.41, 5.74) is 10.4. The van der Waals surface area contributed by atoms with Gasteiger partial charge in [-0.05, 0) is 37.1 Å². The molecule has 2 aromatic rings. The molecule has 0 heterocycles. The van der Waals surface area contributed by atoms with Crippen molar-refractivity contribution < 1.29 is 0 Å². The number of benzene rings is 2. The van der Waals surface area contributed by atoms with Gasteiger partial charge in [0.2, 0.25) is 0 Å². The van der Waals surface area contributed by atoms with Crippen molar-refractivity contribution in [1.29, 1.82) is 0 Å². The number of aryl methyl sites for hydroxylation is 2. The van der Waals surface area contributed by atoms with Crippen LogP contribution < -0.4 is 11.1 Å². The van der Waals surface area contributed by atoms with Gasteiger partial charge in [0, 0.05) is 17.3 Å². The van der Waals surface area contributed by atoms with Crippen LogP contribution in [0, 0.1) is 13.8 Å². The molecule has 0 aliphatic heterocycles. The van der Waals surface area contributed by atoms with Crippen LogP contribution >= 0.6 is 11.6 Å². The summed E-state index contributed by atoms with van der Waals surface area (Å²) in [4.78, 5) is 0. The van der Waals surface area contributed by atoms with Gasteiger partial charge in [0.25, 0.3) is 0 Å². The Morgan fingerprint density at radius 1 is 1.16 bits per heavy atom. The summed E-state index contributed by atoms with van der Waals surface area (Å²) >= 11 is 6.14. The lowest BCUT2D eigenvalue weighted by Crippen LogP contribution is -2.20. The molecule has 0 saturated carbocycles. The monoisotopic (exact) mass is 274 g/mol. The van der Waals surface area contributed by atoms with Gasteiger partial charge in [0.1, 0.15) is 0 Å². The Labute approximate surface area is 119 Å². The number of hydrogen-bond acceptors (Lipinski definition) is 2. The van der Waals surface area contributed by atoms with Crippen LogP contribution in [0.3, 0.4) is 0 Å². The first-order valence-electron chi connectivity index (χ1n) is 6.39. The molecule has 0 aliphatic carbocycles. The average molecular weight is 275 g/mol. The van der Waals surface area contributed by atoms with Gasteiger partial charge in [0.15, 0.2) is 0 Å². The van der Waals surface area contributed by atoms with E-state index in [0.717, 1.165) is 16.3 Å². The number of halogens is 1. The van der Waals surface area contributed by atoms with Gasteiger partial charge in [-0.15, -0.1) is 0 Å². The van der Waals surface area contributed by atoms with E-state index in [9.17, 15) is 0 Å². The van der Waals surface area contributed by atoms with Crippen LogP contribution in [-0.4, -0.2) is 6.54 Å². The molecule has 0 saturated heterocycles. The molecule has 3 N–H and O–H groups in total. The normalized spacial score (nSPS) is 12.2. The highest BCUT2D eigenvalue weighted by Crippen LogP contribution is 2.24. The van der Waals surface area contributed by atoms with Crippen LogP contribution in [0.2, 0.25) is 5.02 Å². The van der Waals surface area contributed by atoms with E-state index in [-0.39, 0.29) is 6.04 Å². The second-order valence-corrected chi connectivity index (χ2v) is 5.22. The highest BCUT2D eigenvalue weighted by atomic mass is 35.5. The first-order valence-corrected chi connectivity index (χ1v) is 6.77. The maximum atomic E-state index is 6.14. The van der Waals surface area contributed by atoms with Gasteiger partial charge in [0.05, 0.1) is 6.04 Å². The van der Waals surface area contributed by atoms with Crippen molar-refractivity contribution in [2.24, 2.45) is 5.73 Å². The summed E-state index contributed by atoms with van der Waals surface area (Å²) < 4.78 is 0. The summed E-state index contributed by atoms with van der Waals surface area (Å²) in [6, 6.07) is 14.5. The Bertz CT molecular complexity index is 566. The van der Waals surface area contributed by atoms with Crippen LogP contribution in [0.25, 0.3) is 0 Å². The molecule has 0 aromatic heterocycles. The minimum Gasteiger partial charge on any atom is -0.377 e. The van der Waals surface area contributed by atoms with Crippen LogP contribution in [0.1, 0.15) is 22.7 Å². The highest BCUT2D eigenvalue weighted by Gasteiger charge is 2.10. The molecule has 0 bridgehead atoms. The zero-order valence-corrected chi connectivity index (χ0v) is 12.0. The van der Waals surface area contributed by atoms with Crippen molar-refractivity contribution in [2.75, 3.05) is 11.9 Å². The second-order valence-electron chi connectivity index (χ2n) is 4.81. The Balaban J connectivity index is 2.21. The lowest BCUT2D eigenvalue weighted by atomic mass is 10.0. The lowest BCUT2D eigenvalue weighted by molar-refractivity contribution is 0.789. The number of hydrogen-bond donors (Lipinski definition) is 2. The average Bonchev–Trinajstić information content (AvgIpc) is 2.40. The van der Waals surface area contributed by atoms with Gasteiger partial charge in [-0.3, -0.25) is 0 Å². The third-order valence-corrected chi connectivity index (χ3v) is 3.60. The molecule has 2 aromatic carbocycles. The van der Waals surface area contributed by atoms with E-state index in [1.807, 2.05) is 25.1 Å². The lowest BCUT2D eigenvalue weighted by Gasteiger charge is -2.19. The molecule has 1 atom stereocenters. The standard InChI is InChI=1S/C16H19ClN2/c1-11-4-3-5-13(8-11)16(10-18)19-14-7-6-12(2)15(17)9-14/h3-9,16,19H,10,18H2,1-2H3. The molecule has 0 spiro atoms. The van der Waals surface area contributed by atoms with Crippen molar-refractivity contribution >= 4 is 17.3 Å². The third kappa shape index (κ3) is 3.49.